The zero-order valence-electron chi connectivity index (χ0n) is 9.18. The average molecular weight is 213 g/mol. The molecule has 1 saturated carbocycles. The van der Waals surface area contributed by atoms with E-state index in [0.29, 0.717) is 13.0 Å². The number of Topliss-reactive ketones (excluding diaryl/α,β-unsaturated/α-hetero) is 1. The van der Waals surface area contributed by atoms with Crippen molar-refractivity contribution in [3.63, 3.8) is 0 Å². The number of hydrogen-bond acceptors (Lipinski definition) is 2. The van der Waals surface area contributed by atoms with E-state index in [1.165, 1.54) is 0 Å². The van der Waals surface area contributed by atoms with E-state index in [-0.39, 0.29) is 18.5 Å². The number of carbonyl (C=O) groups excluding carboxylic acids is 1. The number of hydrogen-bond donors (Lipinski definition) is 1. The minimum Gasteiger partial charge on any atom is -0.305 e. The molecule has 2 nitrogen and oxygen atoms in total. The molecule has 1 unspecified atom stereocenters. The van der Waals surface area contributed by atoms with E-state index in [0.717, 1.165) is 19.3 Å². The van der Waals surface area contributed by atoms with Gasteiger partial charge in [0.25, 0.3) is 0 Å². The van der Waals surface area contributed by atoms with Crippen LogP contribution in [0.4, 0.5) is 4.39 Å². The summed E-state index contributed by atoms with van der Waals surface area (Å²) in [5.74, 6) is 0.254. The Balaban J connectivity index is 0.000000423. The van der Waals surface area contributed by atoms with Gasteiger partial charge >= 0.3 is 0 Å². The number of allylic oxidation sites excluding steroid dienone is 2. The summed E-state index contributed by atoms with van der Waals surface area (Å²) < 4.78 is 11.7. The van der Waals surface area contributed by atoms with Gasteiger partial charge in [-0.05, 0) is 12.8 Å². The number of nitrogens with one attached hydrogen (secondary N) is 1. The first-order valence-electron chi connectivity index (χ1n) is 5.31. The van der Waals surface area contributed by atoms with Gasteiger partial charge in [-0.25, -0.2) is 4.39 Å². The molecule has 15 heavy (non-hydrogen) atoms. The third kappa shape index (κ3) is 7.03. The summed E-state index contributed by atoms with van der Waals surface area (Å²) in [4.78, 5) is 11.1. The lowest BCUT2D eigenvalue weighted by Gasteiger charge is -2.20. The van der Waals surface area contributed by atoms with E-state index < -0.39 is 0 Å². The number of halogens is 1. The third-order valence-electron chi connectivity index (χ3n) is 2.21. The van der Waals surface area contributed by atoms with E-state index >= 15 is 0 Å². The molecule has 0 heterocycles. The Morgan fingerprint density at radius 3 is 2.53 bits per heavy atom. The molecule has 0 aromatic rings. The summed E-state index contributed by atoms with van der Waals surface area (Å²) in [6.45, 7) is 6.65. The van der Waals surface area contributed by atoms with Crippen molar-refractivity contribution in [1.29, 1.82) is 0 Å². The Labute approximate surface area is 91.3 Å². The largest absolute Gasteiger partial charge is 0.305 e. The van der Waals surface area contributed by atoms with Crippen LogP contribution >= 0.6 is 0 Å². The van der Waals surface area contributed by atoms with Gasteiger partial charge in [0.1, 0.15) is 12.5 Å². The maximum atomic E-state index is 11.7. The van der Waals surface area contributed by atoms with Crippen molar-refractivity contribution in [1.82, 2.24) is 5.32 Å². The highest BCUT2D eigenvalue weighted by Crippen LogP contribution is 2.13. The van der Waals surface area contributed by atoms with Crippen LogP contribution in [0.5, 0.6) is 0 Å². The Morgan fingerprint density at radius 1 is 1.40 bits per heavy atom. The second-order valence-electron chi connectivity index (χ2n) is 3.38. The molecular weight excluding hydrogens is 193 g/mol. The fourth-order valence-corrected chi connectivity index (χ4v) is 1.43. The maximum Gasteiger partial charge on any atom is 0.149 e. The first-order valence-corrected chi connectivity index (χ1v) is 5.31. The van der Waals surface area contributed by atoms with Gasteiger partial charge in [-0.1, -0.05) is 31.7 Å². The molecule has 1 rings (SSSR count). The highest BCUT2D eigenvalue weighted by molar-refractivity contribution is 5.84. The first-order chi connectivity index (χ1) is 7.26. The molecule has 1 aliphatic carbocycles. The van der Waals surface area contributed by atoms with E-state index in [1.807, 2.05) is 0 Å². The van der Waals surface area contributed by atoms with Crippen LogP contribution in [0.2, 0.25) is 0 Å². The lowest BCUT2D eigenvalue weighted by atomic mass is 9.94. The molecule has 1 atom stereocenters. The van der Waals surface area contributed by atoms with Gasteiger partial charge in [-0.15, -0.1) is 0 Å². The van der Waals surface area contributed by atoms with Gasteiger partial charge in [0.15, 0.2) is 0 Å². The molecule has 0 spiro atoms. The summed E-state index contributed by atoms with van der Waals surface area (Å²) in [6, 6.07) is -0.0560. The van der Waals surface area contributed by atoms with Crippen molar-refractivity contribution in [3.8, 4) is 0 Å². The molecule has 1 N–H and O–H groups in total. The van der Waals surface area contributed by atoms with Crippen LogP contribution in [0.1, 0.15) is 25.7 Å². The SMILES string of the molecule is C=CC=C.O=C1CCCCC1NCCF. The highest BCUT2D eigenvalue weighted by atomic mass is 19.1. The van der Waals surface area contributed by atoms with Gasteiger partial charge in [0.2, 0.25) is 0 Å². The molecule has 0 amide bonds. The summed E-state index contributed by atoms with van der Waals surface area (Å²) in [5, 5.41) is 2.90. The lowest BCUT2D eigenvalue weighted by molar-refractivity contribution is -0.122. The van der Waals surface area contributed by atoms with Crippen molar-refractivity contribution < 1.29 is 9.18 Å². The van der Waals surface area contributed by atoms with Crippen molar-refractivity contribution in [2.24, 2.45) is 0 Å². The molecule has 0 aliphatic heterocycles. The van der Waals surface area contributed by atoms with Crippen LogP contribution in [0, 0.1) is 0 Å². The van der Waals surface area contributed by atoms with Crippen molar-refractivity contribution >= 4 is 5.78 Å². The number of alkyl halides is 1. The van der Waals surface area contributed by atoms with Crippen LogP contribution in [-0.2, 0) is 4.79 Å². The Bertz CT molecular complexity index is 198. The molecule has 86 valence electrons. The predicted octanol–water partition coefficient (Wildman–Crippen LogP) is 2.42. The normalized spacial score (nSPS) is 20.1. The smallest absolute Gasteiger partial charge is 0.149 e. The Kier molecular flexibility index (Phi) is 8.98. The van der Waals surface area contributed by atoms with E-state index in [9.17, 15) is 9.18 Å². The molecule has 1 aliphatic rings. The van der Waals surface area contributed by atoms with Gasteiger partial charge in [-0.2, -0.15) is 0 Å². The maximum absolute atomic E-state index is 11.7. The van der Waals surface area contributed by atoms with E-state index in [4.69, 9.17) is 0 Å². The predicted molar refractivity (Wildman–Crippen MR) is 61.6 cm³/mol. The molecular formula is C12H20FNO. The van der Waals surface area contributed by atoms with E-state index in [1.54, 1.807) is 12.2 Å². The van der Waals surface area contributed by atoms with Gasteiger partial charge in [0.05, 0.1) is 6.04 Å². The molecule has 0 saturated heterocycles. The van der Waals surface area contributed by atoms with Crippen LogP contribution in [0.25, 0.3) is 0 Å². The highest BCUT2D eigenvalue weighted by Gasteiger charge is 2.20. The molecule has 0 aromatic heterocycles. The zero-order valence-corrected chi connectivity index (χ0v) is 9.18. The summed E-state index contributed by atoms with van der Waals surface area (Å²) >= 11 is 0. The topological polar surface area (TPSA) is 29.1 Å². The summed E-state index contributed by atoms with van der Waals surface area (Å²) in [7, 11) is 0. The number of carbonyl (C=O) groups is 1. The van der Waals surface area contributed by atoms with Gasteiger partial charge < -0.3 is 5.32 Å². The van der Waals surface area contributed by atoms with Crippen LogP contribution < -0.4 is 5.32 Å². The lowest BCUT2D eigenvalue weighted by Crippen LogP contribution is -2.39. The van der Waals surface area contributed by atoms with Crippen LogP contribution in [0.15, 0.2) is 25.3 Å². The summed E-state index contributed by atoms with van der Waals surface area (Å²) in [5.41, 5.74) is 0. The van der Waals surface area contributed by atoms with Gasteiger partial charge in [0, 0.05) is 13.0 Å². The first kappa shape index (κ1) is 14.0. The molecule has 0 aromatic carbocycles. The van der Waals surface area contributed by atoms with Gasteiger partial charge in [-0.3, -0.25) is 4.79 Å². The molecule has 0 bridgehead atoms. The van der Waals surface area contributed by atoms with Crippen LogP contribution in [-0.4, -0.2) is 25.0 Å². The summed E-state index contributed by atoms with van der Waals surface area (Å²) in [6.07, 6.45) is 6.94. The number of rotatable bonds is 4. The standard InChI is InChI=1S/C8H14FNO.C4H6/c9-5-6-10-7-3-1-2-4-8(7)11;1-3-4-2/h7,10H,1-6H2;3-4H,1-2H2. The third-order valence-corrected chi connectivity index (χ3v) is 2.21. The Morgan fingerprint density at radius 2 is 2.07 bits per heavy atom. The zero-order chi connectivity index (χ0) is 11.5. The van der Waals surface area contributed by atoms with Crippen molar-refractivity contribution in [2.75, 3.05) is 13.2 Å². The van der Waals surface area contributed by atoms with Crippen molar-refractivity contribution in [2.45, 2.75) is 31.7 Å². The fraction of sp³-hybridized carbons (Fsp3) is 0.583. The van der Waals surface area contributed by atoms with E-state index in [2.05, 4.69) is 18.5 Å². The monoisotopic (exact) mass is 213 g/mol. The molecule has 3 heteroatoms. The van der Waals surface area contributed by atoms with Crippen LogP contribution in [0.3, 0.4) is 0 Å². The average Bonchev–Trinajstić information content (AvgIpc) is 2.28. The second-order valence-corrected chi connectivity index (χ2v) is 3.38. The molecule has 1 fully saturated rings. The Hall–Kier alpha value is -0.960. The number of ketones is 1. The quantitative estimate of drug-likeness (QED) is 0.727. The van der Waals surface area contributed by atoms with Crippen molar-refractivity contribution in [3.05, 3.63) is 25.3 Å². The minimum atomic E-state index is -0.385. The molecule has 0 radical (unpaired) electrons. The second kappa shape index (κ2) is 9.59. The fourth-order valence-electron chi connectivity index (χ4n) is 1.43. The minimum absolute atomic E-state index is 0.0560.